The molecule has 0 aliphatic carbocycles. The molecule has 0 spiro atoms. The van der Waals surface area contributed by atoms with Gasteiger partial charge in [0.25, 0.3) is 0 Å². The van der Waals surface area contributed by atoms with Crippen molar-refractivity contribution >= 4 is 59.7 Å². The van der Waals surface area contributed by atoms with Gasteiger partial charge in [0.1, 0.15) is 11.2 Å². The Morgan fingerprint density at radius 3 is 1.84 bits per heavy atom. The van der Waals surface area contributed by atoms with Crippen LogP contribution in [0.1, 0.15) is 0 Å². The van der Waals surface area contributed by atoms with Crippen LogP contribution < -0.4 is 0 Å². The minimum absolute atomic E-state index is 0.672. The highest BCUT2D eigenvalue weighted by atomic mass is 79.9. The Kier molecular flexibility index (Phi) is 5.93. The van der Waals surface area contributed by atoms with E-state index in [2.05, 4.69) is 130 Å². The van der Waals surface area contributed by atoms with Gasteiger partial charge in [0.05, 0.1) is 22.4 Å². The molecular weight excluding hydrogens is 618 g/mol. The zero-order valence-corrected chi connectivity index (χ0v) is 25.6. The van der Waals surface area contributed by atoms with E-state index >= 15 is 0 Å². The monoisotopic (exact) mass is 641 g/mol. The van der Waals surface area contributed by atoms with Crippen molar-refractivity contribution in [1.82, 2.24) is 14.5 Å². The van der Waals surface area contributed by atoms with Crippen LogP contribution in [0.4, 0.5) is 0 Å². The third-order valence-electron chi connectivity index (χ3n) is 8.45. The van der Waals surface area contributed by atoms with Gasteiger partial charge in [0.2, 0.25) is 0 Å². The van der Waals surface area contributed by atoms with Gasteiger partial charge in [-0.1, -0.05) is 107 Å². The van der Waals surface area contributed by atoms with E-state index in [1.807, 2.05) is 36.4 Å². The fourth-order valence-electron chi connectivity index (χ4n) is 6.40. The average Bonchev–Trinajstić information content (AvgIpc) is 3.63. The van der Waals surface area contributed by atoms with Crippen molar-refractivity contribution < 1.29 is 4.42 Å². The normalized spacial score (nSPS) is 11.7. The molecule has 0 aliphatic heterocycles. The number of hydrogen-bond donors (Lipinski definition) is 0. The number of furan rings is 1. The zero-order chi connectivity index (χ0) is 29.9. The van der Waals surface area contributed by atoms with Gasteiger partial charge in [0.15, 0.2) is 5.82 Å². The minimum atomic E-state index is 0.672. The molecule has 0 fully saturated rings. The number of fused-ring (bicyclic) bond motifs is 6. The summed E-state index contributed by atoms with van der Waals surface area (Å²) in [6.45, 7) is 0. The lowest BCUT2D eigenvalue weighted by Crippen LogP contribution is -1.98. The molecule has 0 radical (unpaired) electrons. The second-order valence-electron chi connectivity index (χ2n) is 11.2. The summed E-state index contributed by atoms with van der Waals surface area (Å²) in [4.78, 5) is 10.2. The third kappa shape index (κ3) is 4.35. The molecule has 0 aliphatic rings. The fraction of sp³-hybridized carbons (Fsp3) is 0. The van der Waals surface area contributed by atoms with E-state index in [4.69, 9.17) is 14.4 Å². The van der Waals surface area contributed by atoms with E-state index in [0.717, 1.165) is 71.2 Å². The standard InChI is InChI=1S/C40H24BrN3O/c41-28-20-27(21-29(23-28)44-36-15-7-4-12-30(36)31-13-5-8-16-37(31)44)35-24-34(42-40(43-35)25-10-2-1-3-11-25)26-18-19-33-32-14-6-9-17-38(32)45-39(33)22-26/h1-24H. The lowest BCUT2D eigenvalue weighted by Gasteiger charge is -2.13. The number of hydrogen-bond acceptors (Lipinski definition) is 3. The Morgan fingerprint density at radius 2 is 1.09 bits per heavy atom. The van der Waals surface area contributed by atoms with Crippen molar-refractivity contribution in [2.75, 3.05) is 0 Å². The van der Waals surface area contributed by atoms with Crippen molar-refractivity contribution in [2.24, 2.45) is 0 Å². The first kappa shape index (κ1) is 25.9. The molecule has 0 unspecified atom stereocenters. The van der Waals surface area contributed by atoms with Gasteiger partial charge in [0, 0.05) is 48.4 Å². The lowest BCUT2D eigenvalue weighted by molar-refractivity contribution is 0.669. The molecule has 9 rings (SSSR count). The van der Waals surface area contributed by atoms with Crippen LogP contribution in [0.2, 0.25) is 0 Å². The number of benzene rings is 6. The van der Waals surface area contributed by atoms with Crippen molar-refractivity contribution in [3.05, 3.63) is 150 Å². The van der Waals surface area contributed by atoms with Crippen LogP contribution in [-0.2, 0) is 0 Å². The molecule has 0 atom stereocenters. The third-order valence-corrected chi connectivity index (χ3v) is 8.91. The smallest absolute Gasteiger partial charge is 0.160 e. The largest absolute Gasteiger partial charge is 0.456 e. The van der Waals surface area contributed by atoms with Gasteiger partial charge in [-0.15, -0.1) is 0 Å². The summed E-state index contributed by atoms with van der Waals surface area (Å²) >= 11 is 3.83. The van der Waals surface area contributed by atoms with Crippen LogP contribution in [0.3, 0.4) is 0 Å². The number of halogens is 1. The van der Waals surface area contributed by atoms with Gasteiger partial charge < -0.3 is 8.98 Å². The van der Waals surface area contributed by atoms with Gasteiger partial charge in [-0.3, -0.25) is 0 Å². The van der Waals surface area contributed by atoms with Crippen molar-refractivity contribution in [2.45, 2.75) is 0 Å². The highest BCUT2D eigenvalue weighted by Crippen LogP contribution is 2.37. The highest BCUT2D eigenvalue weighted by Gasteiger charge is 2.16. The maximum atomic E-state index is 6.24. The van der Waals surface area contributed by atoms with Crippen molar-refractivity contribution in [1.29, 1.82) is 0 Å². The van der Waals surface area contributed by atoms with E-state index < -0.39 is 0 Å². The van der Waals surface area contributed by atoms with Crippen LogP contribution in [0.15, 0.2) is 154 Å². The Labute approximate surface area is 267 Å². The summed E-state index contributed by atoms with van der Waals surface area (Å²) in [5, 5.41) is 4.66. The molecule has 3 heterocycles. The number of nitrogens with zero attached hydrogens (tertiary/aromatic N) is 3. The summed E-state index contributed by atoms with van der Waals surface area (Å²) < 4.78 is 9.54. The van der Waals surface area contributed by atoms with Gasteiger partial charge >= 0.3 is 0 Å². The van der Waals surface area contributed by atoms with E-state index in [-0.39, 0.29) is 0 Å². The first-order valence-electron chi connectivity index (χ1n) is 14.9. The second kappa shape index (κ2) is 10.3. The summed E-state index contributed by atoms with van der Waals surface area (Å²) in [5.41, 5.74) is 9.70. The molecule has 0 saturated carbocycles. The molecule has 5 heteroatoms. The van der Waals surface area contributed by atoms with Crippen molar-refractivity contribution in [3.63, 3.8) is 0 Å². The second-order valence-corrected chi connectivity index (χ2v) is 12.1. The van der Waals surface area contributed by atoms with Gasteiger partial charge in [-0.25, -0.2) is 9.97 Å². The quantitative estimate of drug-likeness (QED) is 0.192. The van der Waals surface area contributed by atoms with Crippen LogP contribution >= 0.6 is 15.9 Å². The topological polar surface area (TPSA) is 43.9 Å². The molecule has 0 bridgehead atoms. The SMILES string of the molecule is Brc1cc(-c2cc(-c3ccc4c(c3)oc3ccccc34)nc(-c3ccccc3)n2)cc(-n2c3ccccc3c3ccccc32)c1. The Bertz CT molecular complexity index is 2510. The number of aromatic nitrogens is 3. The van der Waals surface area contributed by atoms with Gasteiger partial charge in [-0.05, 0) is 54.6 Å². The summed E-state index contributed by atoms with van der Waals surface area (Å²) in [5.74, 6) is 0.672. The predicted molar refractivity (Wildman–Crippen MR) is 188 cm³/mol. The maximum Gasteiger partial charge on any atom is 0.160 e. The average molecular weight is 643 g/mol. The molecule has 9 aromatic rings. The molecule has 0 saturated heterocycles. The van der Waals surface area contributed by atoms with E-state index in [0.29, 0.717) is 5.82 Å². The van der Waals surface area contributed by atoms with E-state index in [9.17, 15) is 0 Å². The molecule has 3 aromatic heterocycles. The predicted octanol–water partition coefficient (Wildman–Crippen LogP) is 11.2. The minimum Gasteiger partial charge on any atom is -0.456 e. The van der Waals surface area contributed by atoms with E-state index in [1.54, 1.807) is 0 Å². The highest BCUT2D eigenvalue weighted by molar-refractivity contribution is 9.10. The number of para-hydroxylation sites is 3. The van der Waals surface area contributed by atoms with Crippen LogP contribution in [-0.4, -0.2) is 14.5 Å². The first-order valence-corrected chi connectivity index (χ1v) is 15.6. The van der Waals surface area contributed by atoms with Crippen LogP contribution in [0.5, 0.6) is 0 Å². The number of rotatable bonds is 4. The molecule has 0 amide bonds. The molecular formula is C40H24BrN3O. The molecule has 4 nitrogen and oxygen atoms in total. The Balaban J connectivity index is 1.25. The summed E-state index contributed by atoms with van der Waals surface area (Å²) in [6.07, 6.45) is 0. The molecule has 45 heavy (non-hydrogen) atoms. The maximum absolute atomic E-state index is 6.24. The van der Waals surface area contributed by atoms with Crippen molar-refractivity contribution in [3.8, 4) is 39.6 Å². The molecule has 212 valence electrons. The summed E-state index contributed by atoms with van der Waals surface area (Å²) in [7, 11) is 0. The molecule has 6 aromatic carbocycles. The molecule has 0 N–H and O–H groups in total. The zero-order valence-electron chi connectivity index (χ0n) is 24.0. The van der Waals surface area contributed by atoms with E-state index in [1.165, 1.54) is 10.8 Å². The Morgan fingerprint density at radius 1 is 0.467 bits per heavy atom. The summed E-state index contributed by atoms with van der Waals surface area (Å²) in [6, 6.07) is 50.3. The fourth-order valence-corrected chi connectivity index (χ4v) is 6.88. The lowest BCUT2D eigenvalue weighted by atomic mass is 10.0. The van der Waals surface area contributed by atoms with Crippen LogP contribution in [0.25, 0.3) is 83.3 Å². The Hall–Kier alpha value is -5.52. The first-order chi connectivity index (χ1) is 22.2. The van der Waals surface area contributed by atoms with Gasteiger partial charge in [-0.2, -0.15) is 0 Å². The van der Waals surface area contributed by atoms with Crippen LogP contribution in [0, 0.1) is 0 Å².